The zero-order valence-electron chi connectivity index (χ0n) is 11.8. The number of carbonyl (C=O) groups excluding carboxylic acids is 1. The van der Waals surface area contributed by atoms with Crippen molar-refractivity contribution in [3.05, 3.63) is 59.9 Å². The molecule has 20 heavy (non-hydrogen) atoms. The second kappa shape index (κ2) is 5.45. The van der Waals surface area contributed by atoms with E-state index in [4.69, 9.17) is 4.74 Å². The van der Waals surface area contributed by atoms with Crippen molar-refractivity contribution in [1.29, 1.82) is 0 Å². The molecule has 0 N–H and O–H groups in total. The maximum absolute atomic E-state index is 13.3. The van der Waals surface area contributed by atoms with Gasteiger partial charge in [-0.05, 0) is 50.1 Å². The lowest BCUT2D eigenvalue weighted by Crippen LogP contribution is -2.24. The van der Waals surface area contributed by atoms with Crippen LogP contribution < -0.4 is 0 Å². The van der Waals surface area contributed by atoms with Crippen LogP contribution in [0.4, 0.5) is 4.39 Å². The number of rotatable bonds is 2. The topological polar surface area (TPSA) is 26.3 Å². The Morgan fingerprint density at radius 1 is 1.05 bits per heavy atom. The predicted molar refractivity (Wildman–Crippen MR) is 77.0 cm³/mol. The molecule has 3 heteroatoms. The van der Waals surface area contributed by atoms with Crippen LogP contribution in [0.15, 0.2) is 48.5 Å². The van der Waals surface area contributed by atoms with Crippen LogP contribution in [-0.4, -0.2) is 11.6 Å². The third kappa shape index (κ3) is 3.44. The van der Waals surface area contributed by atoms with Gasteiger partial charge in [-0.3, -0.25) is 0 Å². The lowest BCUT2D eigenvalue weighted by Gasteiger charge is -2.20. The van der Waals surface area contributed by atoms with E-state index >= 15 is 0 Å². The van der Waals surface area contributed by atoms with Crippen molar-refractivity contribution in [2.24, 2.45) is 0 Å². The average Bonchev–Trinajstić information content (AvgIpc) is 2.37. The molecule has 0 aromatic heterocycles. The van der Waals surface area contributed by atoms with Crippen molar-refractivity contribution in [3.8, 4) is 11.1 Å². The number of ether oxygens (including phenoxy) is 1. The molecule has 2 nitrogen and oxygen atoms in total. The van der Waals surface area contributed by atoms with Crippen molar-refractivity contribution in [2.45, 2.75) is 26.4 Å². The molecule has 0 spiro atoms. The molecule has 0 saturated heterocycles. The number of hydrogen-bond acceptors (Lipinski definition) is 2. The smallest absolute Gasteiger partial charge is 0.339 e. The number of halogens is 1. The fraction of sp³-hybridized carbons (Fsp3) is 0.235. The Morgan fingerprint density at radius 3 is 2.40 bits per heavy atom. The van der Waals surface area contributed by atoms with Crippen molar-refractivity contribution >= 4 is 5.97 Å². The first kappa shape index (κ1) is 14.3. The fourth-order valence-corrected chi connectivity index (χ4v) is 1.90. The first-order valence-corrected chi connectivity index (χ1v) is 6.45. The summed E-state index contributed by atoms with van der Waals surface area (Å²) in [6.45, 7) is 5.45. The van der Waals surface area contributed by atoms with Gasteiger partial charge in [0.15, 0.2) is 0 Å². The van der Waals surface area contributed by atoms with E-state index in [2.05, 4.69) is 0 Å². The molecule has 0 fully saturated rings. The Balaban J connectivity index is 2.43. The van der Waals surface area contributed by atoms with E-state index in [0.29, 0.717) is 16.7 Å². The minimum absolute atomic E-state index is 0.332. The molecule has 0 atom stereocenters. The summed E-state index contributed by atoms with van der Waals surface area (Å²) in [5.74, 6) is -0.737. The Hall–Kier alpha value is -2.16. The largest absolute Gasteiger partial charge is 0.456 e. The lowest BCUT2D eigenvalue weighted by atomic mass is 9.99. The van der Waals surface area contributed by atoms with E-state index < -0.39 is 11.6 Å². The van der Waals surface area contributed by atoms with Crippen LogP contribution in [0.3, 0.4) is 0 Å². The van der Waals surface area contributed by atoms with Crippen LogP contribution in [0.25, 0.3) is 11.1 Å². The zero-order valence-corrected chi connectivity index (χ0v) is 11.8. The van der Waals surface area contributed by atoms with Crippen LogP contribution in [0.5, 0.6) is 0 Å². The SMILES string of the molecule is CC(C)(C)OC(=O)c1ccccc1-c1cccc(F)c1. The summed E-state index contributed by atoms with van der Waals surface area (Å²) in [5, 5.41) is 0. The van der Waals surface area contributed by atoms with E-state index in [-0.39, 0.29) is 5.82 Å². The van der Waals surface area contributed by atoms with E-state index in [1.54, 1.807) is 30.3 Å². The zero-order chi connectivity index (χ0) is 14.8. The Kier molecular flexibility index (Phi) is 3.89. The number of carbonyl (C=O) groups is 1. The van der Waals surface area contributed by atoms with Crippen LogP contribution in [-0.2, 0) is 4.74 Å². The molecule has 0 saturated carbocycles. The number of esters is 1. The molecule has 0 unspecified atom stereocenters. The fourth-order valence-electron chi connectivity index (χ4n) is 1.90. The molecule has 2 rings (SSSR count). The van der Waals surface area contributed by atoms with E-state index in [1.165, 1.54) is 12.1 Å². The van der Waals surface area contributed by atoms with Gasteiger partial charge < -0.3 is 4.74 Å². The van der Waals surface area contributed by atoms with Crippen molar-refractivity contribution in [3.63, 3.8) is 0 Å². The van der Waals surface area contributed by atoms with Gasteiger partial charge in [0, 0.05) is 0 Å². The molecular formula is C17H17FO2. The van der Waals surface area contributed by atoms with Crippen LogP contribution in [0.1, 0.15) is 31.1 Å². The third-order valence-electron chi connectivity index (χ3n) is 2.68. The second-order valence-electron chi connectivity index (χ2n) is 5.56. The van der Waals surface area contributed by atoms with Crippen molar-refractivity contribution in [2.75, 3.05) is 0 Å². The van der Waals surface area contributed by atoms with Gasteiger partial charge in [0.05, 0.1) is 5.56 Å². The first-order chi connectivity index (χ1) is 9.37. The molecule has 0 radical (unpaired) electrons. The summed E-state index contributed by atoms with van der Waals surface area (Å²) < 4.78 is 18.7. The van der Waals surface area contributed by atoms with Gasteiger partial charge in [0.2, 0.25) is 0 Å². The molecule has 0 heterocycles. The van der Waals surface area contributed by atoms with Crippen LogP contribution in [0, 0.1) is 5.82 Å². The van der Waals surface area contributed by atoms with Gasteiger partial charge >= 0.3 is 5.97 Å². The monoisotopic (exact) mass is 272 g/mol. The van der Waals surface area contributed by atoms with E-state index in [1.807, 2.05) is 26.8 Å². The lowest BCUT2D eigenvalue weighted by molar-refractivity contribution is 0.00704. The summed E-state index contributed by atoms with van der Waals surface area (Å²) in [7, 11) is 0. The third-order valence-corrected chi connectivity index (χ3v) is 2.68. The highest BCUT2D eigenvalue weighted by atomic mass is 19.1. The molecule has 2 aromatic rings. The molecule has 0 aliphatic heterocycles. The van der Waals surface area contributed by atoms with Crippen LogP contribution >= 0.6 is 0 Å². The molecule has 0 bridgehead atoms. The van der Waals surface area contributed by atoms with Gasteiger partial charge in [-0.1, -0.05) is 30.3 Å². The molecule has 0 aliphatic rings. The van der Waals surface area contributed by atoms with Crippen molar-refractivity contribution in [1.82, 2.24) is 0 Å². The van der Waals surface area contributed by atoms with Gasteiger partial charge in [0.25, 0.3) is 0 Å². The first-order valence-electron chi connectivity index (χ1n) is 6.45. The maximum atomic E-state index is 13.3. The Morgan fingerprint density at radius 2 is 1.75 bits per heavy atom. The highest BCUT2D eigenvalue weighted by Crippen LogP contribution is 2.26. The normalized spacial score (nSPS) is 11.2. The number of benzene rings is 2. The minimum Gasteiger partial charge on any atom is -0.456 e. The summed E-state index contributed by atoms with van der Waals surface area (Å²) in [6.07, 6.45) is 0. The van der Waals surface area contributed by atoms with Gasteiger partial charge in [-0.25, -0.2) is 9.18 Å². The Labute approximate surface area is 118 Å². The van der Waals surface area contributed by atoms with E-state index in [9.17, 15) is 9.18 Å². The highest BCUT2D eigenvalue weighted by molar-refractivity contribution is 5.97. The maximum Gasteiger partial charge on any atom is 0.339 e. The molecule has 2 aromatic carbocycles. The molecule has 104 valence electrons. The number of hydrogen-bond donors (Lipinski definition) is 0. The van der Waals surface area contributed by atoms with Crippen LogP contribution in [0.2, 0.25) is 0 Å². The minimum atomic E-state index is -0.563. The molecular weight excluding hydrogens is 255 g/mol. The predicted octanol–water partition coefficient (Wildman–Crippen LogP) is 4.45. The summed E-state index contributed by atoms with van der Waals surface area (Å²) >= 11 is 0. The highest BCUT2D eigenvalue weighted by Gasteiger charge is 2.20. The van der Waals surface area contributed by atoms with Crippen molar-refractivity contribution < 1.29 is 13.9 Å². The Bertz CT molecular complexity index is 627. The van der Waals surface area contributed by atoms with Gasteiger partial charge in [-0.2, -0.15) is 0 Å². The van der Waals surface area contributed by atoms with E-state index in [0.717, 1.165) is 0 Å². The second-order valence-corrected chi connectivity index (χ2v) is 5.56. The standard InChI is InChI=1S/C17H17FO2/c1-17(2,3)20-16(19)15-10-5-4-9-14(15)12-7-6-8-13(18)11-12/h4-11H,1-3H3. The summed E-state index contributed by atoms with van der Waals surface area (Å²) in [4.78, 5) is 12.2. The van der Waals surface area contributed by atoms with Gasteiger partial charge in [0.1, 0.15) is 11.4 Å². The molecule has 0 aliphatic carbocycles. The quantitative estimate of drug-likeness (QED) is 0.755. The summed E-state index contributed by atoms with van der Waals surface area (Å²) in [5.41, 5.74) is 1.20. The summed E-state index contributed by atoms with van der Waals surface area (Å²) in [6, 6.07) is 13.2. The molecule has 0 amide bonds. The average molecular weight is 272 g/mol. The van der Waals surface area contributed by atoms with Gasteiger partial charge in [-0.15, -0.1) is 0 Å².